The lowest BCUT2D eigenvalue weighted by Crippen LogP contribution is -2.42. The molecule has 208 valence electrons. The van der Waals surface area contributed by atoms with Gasteiger partial charge in [-0.05, 0) is 88.5 Å². The Hall–Kier alpha value is -3.57. The van der Waals surface area contributed by atoms with Crippen LogP contribution in [0.1, 0.15) is 45.6 Å². The maximum atomic E-state index is 16.1. The molecule has 4 bridgehead atoms. The Balaban J connectivity index is 1.49. The van der Waals surface area contributed by atoms with Crippen LogP contribution in [-0.4, -0.2) is 5.78 Å². The Morgan fingerprint density at radius 2 is 0.860 bits per heavy atom. The van der Waals surface area contributed by atoms with Crippen molar-refractivity contribution in [2.24, 2.45) is 11.8 Å². The van der Waals surface area contributed by atoms with E-state index in [0.29, 0.717) is 0 Å². The highest BCUT2D eigenvalue weighted by molar-refractivity contribution is 9.13. The highest BCUT2D eigenvalue weighted by Gasteiger charge is 2.82. The average Bonchev–Trinajstić information content (AvgIpc) is 3.75. The monoisotopic (exact) mass is 684 g/mol. The maximum absolute atomic E-state index is 16.1. The summed E-state index contributed by atoms with van der Waals surface area (Å²) in [7, 11) is 0. The summed E-state index contributed by atoms with van der Waals surface area (Å²) in [5, 5.41) is 0. The van der Waals surface area contributed by atoms with Gasteiger partial charge in [0.15, 0.2) is 5.78 Å². The number of Topliss-reactive ketones (excluding diaryl/α,β-unsaturated/α-hetero) is 1. The second-order valence-corrected chi connectivity index (χ2v) is 13.8. The van der Waals surface area contributed by atoms with Crippen LogP contribution < -0.4 is 0 Å². The number of allylic oxidation sites excluding steroid dienone is 2. The number of benzene rings is 5. The maximum Gasteiger partial charge on any atom is 0.163 e. The van der Waals surface area contributed by atoms with Gasteiger partial charge in [-0.2, -0.15) is 0 Å². The number of carbonyl (C=O) groups excluding carboxylic acids is 1. The molecule has 9 rings (SSSR count). The summed E-state index contributed by atoms with van der Waals surface area (Å²) in [5.41, 5.74) is 7.10. The first-order valence-electron chi connectivity index (χ1n) is 14.8. The lowest BCUT2D eigenvalue weighted by molar-refractivity contribution is -0.125. The lowest BCUT2D eigenvalue weighted by atomic mass is 9.54. The molecule has 0 N–H and O–H groups in total. The molecule has 4 aliphatic rings. The summed E-state index contributed by atoms with van der Waals surface area (Å²) in [6.45, 7) is 0. The quantitative estimate of drug-likeness (QED) is 0.188. The van der Waals surface area contributed by atoms with Crippen LogP contribution in [0.4, 0.5) is 0 Å². The molecule has 2 heterocycles. The largest absolute Gasteiger partial charge is 0.365 e. The fraction of sp³-hybridized carbons (Fsp3) is 0.154. The van der Waals surface area contributed by atoms with Crippen LogP contribution in [0.25, 0.3) is 11.1 Å². The van der Waals surface area contributed by atoms with E-state index in [0.717, 1.165) is 42.3 Å². The van der Waals surface area contributed by atoms with Crippen molar-refractivity contribution in [2.75, 3.05) is 0 Å². The highest BCUT2D eigenvalue weighted by Crippen LogP contribution is 2.81. The molecule has 2 nitrogen and oxygen atoms in total. The van der Waals surface area contributed by atoms with Gasteiger partial charge in [0.05, 0.1) is 23.0 Å². The molecule has 0 spiro atoms. The first kappa shape index (κ1) is 25.9. The van der Waals surface area contributed by atoms with Crippen LogP contribution in [0.15, 0.2) is 142 Å². The molecular formula is C39H26Br2O2. The van der Waals surface area contributed by atoms with Gasteiger partial charge in [0.2, 0.25) is 0 Å². The van der Waals surface area contributed by atoms with Crippen molar-refractivity contribution in [3.63, 3.8) is 0 Å². The molecule has 2 fully saturated rings. The van der Waals surface area contributed by atoms with Crippen LogP contribution in [0.3, 0.4) is 0 Å². The van der Waals surface area contributed by atoms with E-state index in [1.807, 2.05) is 12.1 Å². The van der Waals surface area contributed by atoms with Gasteiger partial charge < -0.3 is 4.74 Å². The van der Waals surface area contributed by atoms with Crippen molar-refractivity contribution in [2.45, 2.75) is 23.0 Å². The van der Waals surface area contributed by atoms with Gasteiger partial charge in [0, 0.05) is 20.8 Å². The van der Waals surface area contributed by atoms with Gasteiger partial charge in [0.1, 0.15) is 0 Å². The van der Waals surface area contributed by atoms with Crippen molar-refractivity contribution in [1.82, 2.24) is 0 Å². The summed E-state index contributed by atoms with van der Waals surface area (Å²) in [4.78, 5) is 16.1. The Morgan fingerprint density at radius 1 is 0.512 bits per heavy atom. The highest BCUT2D eigenvalue weighted by atomic mass is 79.9. The van der Waals surface area contributed by atoms with Crippen molar-refractivity contribution >= 4 is 48.8 Å². The average molecular weight is 686 g/mol. The Morgan fingerprint density at radius 3 is 1.23 bits per heavy atom. The molecule has 2 aliphatic carbocycles. The summed E-state index contributed by atoms with van der Waals surface area (Å²) < 4.78 is 9.10. The number of hydrogen-bond donors (Lipinski definition) is 0. The fourth-order valence-electron chi connectivity index (χ4n) is 9.16. The van der Waals surface area contributed by atoms with Crippen LogP contribution in [0, 0.1) is 11.8 Å². The minimum Gasteiger partial charge on any atom is -0.365 e. The first-order chi connectivity index (χ1) is 21.1. The number of rotatable bonds is 4. The van der Waals surface area contributed by atoms with Crippen LogP contribution >= 0.6 is 31.9 Å². The predicted octanol–water partition coefficient (Wildman–Crippen LogP) is 9.65. The molecule has 6 atom stereocenters. The SMILES string of the molecule is O=C1[C@@]2(c3ccccc3)C(c3ccccc3)=C(c3ccccc3)[C@@]1(c1ccccc1)[C@@H]1[C@@H]2[C@H]2O[C@H]1c1cc(Br)c(Br)cc12. The molecule has 0 amide bonds. The van der Waals surface area contributed by atoms with Gasteiger partial charge in [-0.15, -0.1) is 0 Å². The van der Waals surface area contributed by atoms with Crippen molar-refractivity contribution in [3.05, 3.63) is 176 Å². The molecular weight excluding hydrogens is 660 g/mol. The van der Waals surface area contributed by atoms with E-state index in [9.17, 15) is 0 Å². The normalized spacial score (nSPS) is 29.7. The van der Waals surface area contributed by atoms with Crippen LogP contribution in [0.2, 0.25) is 0 Å². The molecule has 2 aliphatic heterocycles. The third-order valence-corrected chi connectivity index (χ3v) is 12.3. The smallest absolute Gasteiger partial charge is 0.163 e. The zero-order chi connectivity index (χ0) is 28.9. The molecule has 0 unspecified atom stereocenters. The van der Waals surface area contributed by atoms with E-state index < -0.39 is 10.8 Å². The van der Waals surface area contributed by atoms with E-state index in [2.05, 4.69) is 153 Å². The van der Waals surface area contributed by atoms with E-state index in [-0.39, 0.29) is 29.8 Å². The van der Waals surface area contributed by atoms with Gasteiger partial charge in [-0.1, -0.05) is 121 Å². The van der Waals surface area contributed by atoms with Crippen LogP contribution in [-0.2, 0) is 20.4 Å². The van der Waals surface area contributed by atoms with Crippen molar-refractivity contribution in [3.8, 4) is 0 Å². The zero-order valence-corrected chi connectivity index (χ0v) is 26.3. The van der Waals surface area contributed by atoms with Crippen LogP contribution in [0.5, 0.6) is 0 Å². The molecule has 5 aromatic carbocycles. The number of ketones is 1. The lowest BCUT2D eigenvalue weighted by Gasteiger charge is -2.45. The zero-order valence-electron chi connectivity index (χ0n) is 23.1. The van der Waals surface area contributed by atoms with E-state index in [1.54, 1.807) is 0 Å². The van der Waals surface area contributed by atoms with E-state index in [1.165, 1.54) is 11.1 Å². The summed E-state index contributed by atoms with van der Waals surface area (Å²) in [6, 6.07) is 46.7. The second-order valence-electron chi connectivity index (χ2n) is 12.1. The number of ether oxygens (including phenoxy) is 1. The number of halogens is 2. The van der Waals surface area contributed by atoms with Crippen molar-refractivity contribution < 1.29 is 9.53 Å². The van der Waals surface area contributed by atoms with E-state index >= 15 is 4.79 Å². The van der Waals surface area contributed by atoms with Crippen molar-refractivity contribution in [1.29, 1.82) is 0 Å². The minimum absolute atomic E-state index is 0.0733. The number of fused-ring (bicyclic) bond motifs is 12. The standard InChI is InChI=1S/C39H26Br2O2/c40-29-21-27-28(22-30(29)41)36-34-33(35(27)43-36)38(25-17-9-3-10-18-25)31(23-13-5-1-6-14-23)32(24-15-7-2-8-16-24)39(34,37(38)42)26-19-11-4-12-20-26/h1-22,33-36H/t33-,34-,35+,36+,38+,39+/m1/s1. The molecule has 4 heteroatoms. The summed E-state index contributed by atoms with van der Waals surface area (Å²) in [6.07, 6.45) is -0.416. The first-order valence-corrected chi connectivity index (χ1v) is 16.3. The summed E-state index contributed by atoms with van der Waals surface area (Å²) in [5.74, 6) is 0.126. The molecule has 5 aromatic rings. The minimum atomic E-state index is -0.898. The topological polar surface area (TPSA) is 26.3 Å². The molecule has 43 heavy (non-hydrogen) atoms. The van der Waals surface area contributed by atoms with Gasteiger partial charge >= 0.3 is 0 Å². The fourth-order valence-corrected chi connectivity index (χ4v) is 9.88. The predicted molar refractivity (Wildman–Crippen MR) is 176 cm³/mol. The molecule has 1 saturated heterocycles. The third-order valence-electron chi connectivity index (χ3n) is 10.4. The number of carbonyl (C=O) groups is 1. The second kappa shape index (κ2) is 9.22. The Kier molecular flexibility index (Phi) is 5.55. The van der Waals surface area contributed by atoms with Gasteiger partial charge in [0.25, 0.3) is 0 Å². The van der Waals surface area contributed by atoms with Gasteiger partial charge in [-0.25, -0.2) is 0 Å². The molecule has 0 radical (unpaired) electrons. The molecule has 1 saturated carbocycles. The van der Waals surface area contributed by atoms with E-state index in [4.69, 9.17) is 4.74 Å². The third kappa shape index (κ3) is 3.09. The number of hydrogen-bond acceptors (Lipinski definition) is 2. The Labute approximate surface area is 267 Å². The molecule has 0 aromatic heterocycles. The van der Waals surface area contributed by atoms with Gasteiger partial charge in [-0.3, -0.25) is 4.79 Å². The summed E-state index contributed by atoms with van der Waals surface area (Å²) >= 11 is 7.52. The Bertz CT molecular complexity index is 1810.